The molecule has 1 aromatic rings. The van der Waals surface area contributed by atoms with E-state index in [1.165, 1.54) is 5.56 Å². The van der Waals surface area contributed by atoms with E-state index < -0.39 is 0 Å². The molecule has 19 heavy (non-hydrogen) atoms. The van der Waals surface area contributed by atoms with Gasteiger partial charge in [-0.05, 0) is 36.3 Å². The maximum absolute atomic E-state index is 11.1. The van der Waals surface area contributed by atoms with Gasteiger partial charge >= 0.3 is 5.97 Å². The molecule has 0 spiro atoms. The molecular weight excluding hydrogens is 256 g/mol. The van der Waals surface area contributed by atoms with Crippen LogP contribution in [0.3, 0.4) is 0 Å². The second kappa shape index (κ2) is 8.81. The Bertz CT molecular complexity index is 400. The number of esters is 1. The molecule has 3 heteroatoms. The van der Waals surface area contributed by atoms with Gasteiger partial charge in [-0.3, -0.25) is 0 Å². The van der Waals surface area contributed by atoms with Crippen LogP contribution in [0, 0.1) is 0 Å². The monoisotopic (exact) mass is 278 g/mol. The molecule has 0 fully saturated rings. The van der Waals surface area contributed by atoms with E-state index in [1.807, 2.05) is 17.8 Å². The van der Waals surface area contributed by atoms with Gasteiger partial charge in [-0.25, -0.2) is 4.79 Å². The van der Waals surface area contributed by atoms with Crippen LogP contribution in [0.25, 0.3) is 0 Å². The van der Waals surface area contributed by atoms with Gasteiger partial charge in [-0.1, -0.05) is 43.8 Å². The van der Waals surface area contributed by atoms with Crippen molar-refractivity contribution >= 4 is 17.7 Å². The number of carbonyl (C=O) groups excluding carboxylic acids is 1. The van der Waals surface area contributed by atoms with Crippen LogP contribution in [-0.4, -0.2) is 24.1 Å². The van der Waals surface area contributed by atoms with Gasteiger partial charge in [0.25, 0.3) is 0 Å². The van der Waals surface area contributed by atoms with E-state index in [0.29, 0.717) is 18.1 Å². The van der Waals surface area contributed by atoms with E-state index >= 15 is 0 Å². The molecule has 0 aromatic heterocycles. The zero-order chi connectivity index (χ0) is 14.1. The van der Waals surface area contributed by atoms with Crippen LogP contribution >= 0.6 is 11.8 Å². The summed E-state index contributed by atoms with van der Waals surface area (Å²) in [6, 6.07) is 10.5. The molecule has 0 bridgehead atoms. The van der Waals surface area contributed by atoms with Gasteiger partial charge in [-0.2, -0.15) is 11.8 Å². The van der Waals surface area contributed by atoms with Gasteiger partial charge in [0.05, 0.1) is 6.61 Å². The highest BCUT2D eigenvalue weighted by Gasteiger charge is 2.05. The number of hydrogen-bond acceptors (Lipinski definition) is 3. The van der Waals surface area contributed by atoms with E-state index in [4.69, 9.17) is 4.74 Å². The Hall–Kier alpha value is -1.22. The molecule has 0 aliphatic carbocycles. The van der Waals surface area contributed by atoms with Crippen molar-refractivity contribution in [2.45, 2.75) is 26.2 Å². The number of carbonyl (C=O) groups is 1. The molecule has 0 saturated carbocycles. The van der Waals surface area contributed by atoms with Gasteiger partial charge in [0, 0.05) is 5.57 Å². The summed E-state index contributed by atoms with van der Waals surface area (Å²) >= 11 is 1.90. The number of benzene rings is 1. The first-order valence-corrected chi connectivity index (χ1v) is 7.72. The quantitative estimate of drug-likeness (QED) is 0.408. The molecule has 0 aliphatic heterocycles. The maximum Gasteiger partial charge on any atom is 0.333 e. The zero-order valence-electron chi connectivity index (χ0n) is 11.7. The number of ether oxygens (including phenoxy) is 1. The van der Waals surface area contributed by atoms with Gasteiger partial charge in [0.1, 0.15) is 0 Å². The summed E-state index contributed by atoms with van der Waals surface area (Å²) in [5.41, 5.74) is 1.84. The van der Waals surface area contributed by atoms with Crippen LogP contribution in [0.1, 0.15) is 31.7 Å². The molecular formula is C16H22O2S. The standard InChI is InChI=1S/C16H22O2S/c1-13(2)16(17)18-10-7-11-19-12-14(3)15-8-5-4-6-9-15/h4-6,8-9,14H,1,7,10-12H2,2-3H3. The van der Waals surface area contributed by atoms with E-state index in [0.717, 1.165) is 17.9 Å². The maximum atomic E-state index is 11.1. The second-order valence-corrected chi connectivity index (χ2v) is 5.81. The van der Waals surface area contributed by atoms with Crippen LogP contribution in [-0.2, 0) is 9.53 Å². The van der Waals surface area contributed by atoms with Crippen molar-refractivity contribution in [2.24, 2.45) is 0 Å². The van der Waals surface area contributed by atoms with Crippen molar-refractivity contribution in [1.82, 2.24) is 0 Å². The minimum atomic E-state index is -0.289. The molecule has 0 N–H and O–H groups in total. The number of thioether (sulfide) groups is 1. The van der Waals surface area contributed by atoms with Crippen molar-refractivity contribution in [1.29, 1.82) is 0 Å². The Morgan fingerprint density at radius 2 is 2.05 bits per heavy atom. The highest BCUT2D eigenvalue weighted by molar-refractivity contribution is 7.99. The van der Waals surface area contributed by atoms with E-state index in [9.17, 15) is 4.79 Å². The van der Waals surface area contributed by atoms with Gasteiger partial charge in [0.2, 0.25) is 0 Å². The lowest BCUT2D eigenvalue weighted by molar-refractivity contribution is -0.138. The normalized spacial score (nSPS) is 11.9. The Kier molecular flexibility index (Phi) is 7.34. The van der Waals surface area contributed by atoms with Crippen molar-refractivity contribution < 1.29 is 9.53 Å². The van der Waals surface area contributed by atoms with Crippen LogP contribution in [0.2, 0.25) is 0 Å². The SMILES string of the molecule is C=C(C)C(=O)OCCCSCC(C)c1ccccc1. The molecule has 0 amide bonds. The summed E-state index contributed by atoms with van der Waals surface area (Å²) in [5, 5.41) is 0. The van der Waals surface area contributed by atoms with Crippen LogP contribution in [0.4, 0.5) is 0 Å². The minimum Gasteiger partial charge on any atom is -0.462 e. The Morgan fingerprint density at radius 3 is 2.68 bits per heavy atom. The third-order valence-electron chi connectivity index (χ3n) is 2.75. The molecule has 0 saturated heterocycles. The van der Waals surface area contributed by atoms with Crippen LogP contribution < -0.4 is 0 Å². The molecule has 0 radical (unpaired) electrons. The lowest BCUT2D eigenvalue weighted by atomic mass is 10.0. The second-order valence-electron chi connectivity index (χ2n) is 4.66. The van der Waals surface area contributed by atoms with Crippen LogP contribution in [0.15, 0.2) is 42.5 Å². The molecule has 1 atom stereocenters. The summed E-state index contributed by atoms with van der Waals surface area (Å²) in [6.07, 6.45) is 0.894. The fourth-order valence-corrected chi connectivity index (χ4v) is 2.62. The average Bonchev–Trinajstić information content (AvgIpc) is 2.42. The first kappa shape index (κ1) is 15.8. The largest absolute Gasteiger partial charge is 0.462 e. The fourth-order valence-electron chi connectivity index (χ4n) is 1.59. The lowest BCUT2D eigenvalue weighted by Gasteiger charge is -2.11. The Balaban J connectivity index is 2.08. The highest BCUT2D eigenvalue weighted by Crippen LogP contribution is 2.20. The van der Waals surface area contributed by atoms with E-state index in [2.05, 4.69) is 37.8 Å². The molecule has 0 aliphatic rings. The summed E-state index contributed by atoms with van der Waals surface area (Å²) in [5.74, 6) is 2.38. The number of rotatable bonds is 8. The Labute approximate surface area is 120 Å². The molecule has 2 nitrogen and oxygen atoms in total. The third-order valence-corrected chi connectivity index (χ3v) is 4.06. The van der Waals surface area contributed by atoms with E-state index in [-0.39, 0.29) is 5.97 Å². The van der Waals surface area contributed by atoms with Gasteiger partial charge in [0.15, 0.2) is 0 Å². The van der Waals surface area contributed by atoms with Crippen molar-refractivity contribution in [3.8, 4) is 0 Å². The lowest BCUT2D eigenvalue weighted by Crippen LogP contribution is -2.07. The third kappa shape index (κ3) is 6.48. The average molecular weight is 278 g/mol. The summed E-state index contributed by atoms with van der Waals surface area (Å²) in [6.45, 7) is 7.94. The van der Waals surface area contributed by atoms with E-state index in [1.54, 1.807) is 6.92 Å². The minimum absolute atomic E-state index is 0.289. The zero-order valence-corrected chi connectivity index (χ0v) is 12.5. The summed E-state index contributed by atoms with van der Waals surface area (Å²) in [7, 11) is 0. The molecule has 0 heterocycles. The molecule has 1 rings (SSSR count). The summed E-state index contributed by atoms with van der Waals surface area (Å²) in [4.78, 5) is 11.1. The first-order valence-electron chi connectivity index (χ1n) is 6.56. The predicted molar refractivity (Wildman–Crippen MR) is 82.6 cm³/mol. The molecule has 1 unspecified atom stereocenters. The van der Waals surface area contributed by atoms with Crippen molar-refractivity contribution in [2.75, 3.05) is 18.1 Å². The topological polar surface area (TPSA) is 26.3 Å². The van der Waals surface area contributed by atoms with Gasteiger partial charge < -0.3 is 4.74 Å². The molecule has 104 valence electrons. The fraction of sp³-hybridized carbons (Fsp3) is 0.438. The highest BCUT2D eigenvalue weighted by atomic mass is 32.2. The molecule has 1 aromatic carbocycles. The van der Waals surface area contributed by atoms with Crippen LogP contribution in [0.5, 0.6) is 0 Å². The van der Waals surface area contributed by atoms with Crippen molar-refractivity contribution in [3.05, 3.63) is 48.0 Å². The van der Waals surface area contributed by atoms with Crippen molar-refractivity contribution in [3.63, 3.8) is 0 Å². The Morgan fingerprint density at radius 1 is 1.37 bits per heavy atom. The van der Waals surface area contributed by atoms with Gasteiger partial charge in [-0.15, -0.1) is 0 Å². The first-order chi connectivity index (χ1) is 9.11. The predicted octanol–water partition coefficient (Wildman–Crippen LogP) is 4.03. The smallest absolute Gasteiger partial charge is 0.333 e. The summed E-state index contributed by atoms with van der Waals surface area (Å²) < 4.78 is 5.04. The number of hydrogen-bond donors (Lipinski definition) is 0.